The van der Waals surface area contributed by atoms with Gasteiger partial charge in [-0.15, -0.1) is 0 Å². The molecule has 0 aliphatic carbocycles. The maximum absolute atomic E-state index is 12.6. The van der Waals surface area contributed by atoms with Crippen LogP contribution in [0.15, 0.2) is 16.9 Å². The number of ether oxygens (including phenoxy) is 2. The highest BCUT2D eigenvalue weighted by Gasteiger charge is 2.36. The Bertz CT molecular complexity index is 579. The smallest absolute Gasteiger partial charge is 0.260 e. The Labute approximate surface area is 124 Å². The van der Waals surface area contributed by atoms with Crippen molar-refractivity contribution in [1.29, 1.82) is 0 Å². The number of morpholine rings is 1. The molecule has 2 heterocycles. The van der Waals surface area contributed by atoms with Crippen molar-refractivity contribution < 1.29 is 14.3 Å². The summed E-state index contributed by atoms with van der Waals surface area (Å²) in [4.78, 5) is 28.8. The third-order valence-electron chi connectivity index (χ3n) is 3.41. The largest absolute Gasteiger partial charge is 0.382 e. The number of methoxy groups -OCH3 is 1. The maximum Gasteiger partial charge on any atom is 0.260 e. The van der Waals surface area contributed by atoms with Crippen LogP contribution in [0.1, 0.15) is 29.9 Å². The molecule has 1 aromatic rings. The van der Waals surface area contributed by atoms with Gasteiger partial charge in [-0.2, -0.15) is 0 Å². The Morgan fingerprint density at radius 1 is 1.52 bits per heavy atom. The number of hydrogen-bond donors (Lipinski definition) is 1. The van der Waals surface area contributed by atoms with Gasteiger partial charge in [-0.25, -0.2) is 0 Å². The van der Waals surface area contributed by atoms with E-state index < -0.39 is 5.60 Å². The molecule has 1 aromatic heterocycles. The Morgan fingerprint density at radius 2 is 2.24 bits per heavy atom. The fraction of sp³-hybridized carbons (Fsp3) is 0.600. The number of H-pyrrole nitrogens is 1. The number of carbonyl (C=O) groups excluding carboxylic acids is 1. The van der Waals surface area contributed by atoms with Crippen molar-refractivity contribution in [3.8, 4) is 0 Å². The zero-order chi connectivity index (χ0) is 15.6. The Hall–Kier alpha value is -1.66. The second-order valence-corrected chi connectivity index (χ2v) is 6.02. The van der Waals surface area contributed by atoms with Crippen LogP contribution in [0.2, 0.25) is 0 Å². The molecule has 1 aliphatic rings. The number of nitrogens with one attached hydrogen (secondary N) is 1. The predicted octanol–water partition coefficient (Wildman–Crippen LogP) is 0.949. The van der Waals surface area contributed by atoms with Gasteiger partial charge in [-0.3, -0.25) is 9.59 Å². The molecular formula is C15H22N2O4. The second kappa shape index (κ2) is 5.99. The number of carbonyl (C=O) groups is 1. The summed E-state index contributed by atoms with van der Waals surface area (Å²) in [7, 11) is 1.60. The normalized spacial score (nSPS) is 21.3. The topological polar surface area (TPSA) is 71.6 Å². The number of aryl methyl sites for hydroxylation is 1. The van der Waals surface area contributed by atoms with Gasteiger partial charge in [0.2, 0.25) is 0 Å². The standard InChI is InChI=1S/C15H22N2O4/c1-10-5-6-12(13(18)16-10)14(19)17-7-11(8-20-4)21-15(2,3)9-17/h5-6,11H,7-9H2,1-4H3,(H,16,18)/t11-/m0/s1. The van der Waals surface area contributed by atoms with E-state index in [0.29, 0.717) is 19.7 Å². The molecule has 0 unspecified atom stereocenters. The van der Waals surface area contributed by atoms with Gasteiger partial charge in [-0.05, 0) is 32.9 Å². The summed E-state index contributed by atoms with van der Waals surface area (Å²) < 4.78 is 11.0. The average Bonchev–Trinajstić information content (AvgIpc) is 2.36. The van der Waals surface area contributed by atoms with E-state index in [2.05, 4.69) is 4.98 Å². The van der Waals surface area contributed by atoms with Gasteiger partial charge in [0.05, 0.1) is 18.3 Å². The van der Waals surface area contributed by atoms with Crippen LogP contribution < -0.4 is 5.56 Å². The quantitative estimate of drug-likeness (QED) is 0.901. The summed E-state index contributed by atoms with van der Waals surface area (Å²) in [6, 6.07) is 3.30. The van der Waals surface area contributed by atoms with Gasteiger partial charge in [0.25, 0.3) is 11.5 Å². The summed E-state index contributed by atoms with van der Waals surface area (Å²) in [6.07, 6.45) is -0.188. The van der Waals surface area contributed by atoms with E-state index in [0.717, 1.165) is 5.69 Å². The zero-order valence-electron chi connectivity index (χ0n) is 12.9. The highest BCUT2D eigenvalue weighted by atomic mass is 16.5. The van der Waals surface area contributed by atoms with Crippen molar-refractivity contribution in [2.45, 2.75) is 32.5 Å². The lowest BCUT2D eigenvalue weighted by atomic mass is 10.0. The molecule has 0 spiro atoms. The molecule has 1 atom stereocenters. The van der Waals surface area contributed by atoms with Gasteiger partial charge in [-0.1, -0.05) is 0 Å². The van der Waals surface area contributed by atoms with E-state index >= 15 is 0 Å². The van der Waals surface area contributed by atoms with Crippen LogP contribution in [0.3, 0.4) is 0 Å². The highest BCUT2D eigenvalue weighted by Crippen LogP contribution is 2.22. The first-order valence-electron chi connectivity index (χ1n) is 6.98. The molecule has 1 N–H and O–H groups in total. The lowest BCUT2D eigenvalue weighted by Crippen LogP contribution is -2.56. The van der Waals surface area contributed by atoms with Gasteiger partial charge in [0, 0.05) is 25.9 Å². The molecule has 0 radical (unpaired) electrons. The highest BCUT2D eigenvalue weighted by molar-refractivity contribution is 5.94. The van der Waals surface area contributed by atoms with Crippen LogP contribution in [0.25, 0.3) is 0 Å². The molecule has 116 valence electrons. The molecule has 1 aliphatic heterocycles. The SMILES string of the molecule is COC[C@@H]1CN(C(=O)c2ccc(C)[nH]c2=O)CC(C)(C)O1. The van der Waals surface area contributed by atoms with Gasteiger partial charge in [0.1, 0.15) is 5.56 Å². The second-order valence-electron chi connectivity index (χ2n) is 6.02. The number of amides is 1. The van der Waals surface area contributed by atoms with E-state index in [4.69, 9.17) is 9.47 Å². The number of hydrogen-bond acceptors (Lipinski definition) is 4. The first kappa shape index (κ1) is 15.7. The monoisotopic (exact) mass is 294 g/mol. The van der Waals surface area contributed by atoms with E-state index in [9.17, 15) is 9.59 Å². The average molecular weight is 294 g/mol. The number of aromatic nitrogens is 1. The Kier molecular flexibility index (Phi) is 4.49. The summed E-state index contributed by atoms with van der Waals surface area (Å²) in [5.41, 5.74) is 0.0763. The molecular weight excluding hydrogens is 272 g/mol. The third kappa shape index (κ3) is 3.71. The maximum atomic E-state index is 12.6. The number of aromatic amines is 1. The molecule has 6 nitrogen and oxygen atoms in total. The van der Waals surface area contributed by atoms with Crippen LogP contribution >= 0.6 is 0 Å². The molecule has 1 saturated heterocycles. The van der Waals surface area contributed by atoms with Crippen molar-refractivity contribution in [3.05, 3.63) is 33.7 Å². The molecule has 0 bridgehead atoms. The molecule has 0 saturated carbocycles. The van der Waals surface area contributed by atoms with Crippen LogP contribution in [-0.4, -0.2) is 54.3 Å². The summed E-state index contributed by atoms with van der Waals surface area (Å²) in [6.45, 7) is 6.91. The molecule has 1 fully saturated rings. The minimum atomic E-state index is -0.464. The third-order valence-corrected chi connectivity index (χ3v) is 3.41. The number of pyridine rings is 1. The summed E-state index contributed by atoms with van der Waals surface area (Å²) in [5.74, 6) is -0.270. The summed E-state index contributed by atoms with van der Waals surface area (Å²) >= 11 is 0. The Morgan fingerprint density at radius 3 is 2.86 bits per heavy atom. The van der Waals surface area contributed by atoms with Crippen LogP contribution in [0.5, 0.6) is 0 Å². The van der Waals surface area contributed by atoms with Crippen LogP contribution in [-0.2, 0) is 9.47 Å². The predicted molar refractivity (Wildman–Crippen MR) is 78.5 cm³/mol. The fourth-order valence-corrected chi connectivity index (χ4v) is 2.63. The van der Waals surface area contributed by atoms with E-state index in [1.807, 2.05) is 13.8 Å². The van der Waals surface area contributed by atoms with Crippen molar-refractivity contribution in [2.75, 3.05) is 26.8 Å². The lowest BCUT2D eigenvalue weighted by molar-refractivity contribution is -0.143. The van der Waals surface area contributed by atoms with Crippen molar-refractivity contribution in [2.24, 2.45) is 0 Å². The Balaban J connectivity index is 2.23. The van der Waals surface area contributed by atoms with E-state index in [1.165, 1.54) is 0 Å². The number of rotatable bonds is 3. The molecule has 1 amide bonds. The molecule has 2 rings (SSSR count). The lowest BCUT2D eigenvalue weighted by Gasteiger charge is -2.42. The fourth-order valence-electron chi connectivity index (χ4n) is 2.63. The first-order chi connectivity index (χ1) is 9.82. The van der Waals surface area contributed by atoms with Gasteiger partial charge in [0.15, 0.2) is 0 Å². The van der Waals surface area contributed by atoms with Crippen molar-refractivity contribution in [1.82, 2.24) is 9.88 Å². The van der Waals surface area contributed by atoms with Crippen LogP contribution in [0, 0.1) is 6.92 Å². The van der Waals surface area contributed by atoms with E-state index in [-0.39, 0.29) is 23.1 Å². The minimum Gasteiger partial charge on any atom is -0.382 e. The minimum absolute atomic E-state index is 0.162. The van der Waals surface area contributed by atoms with Crippen molar-refractivity contribution in [3.63, 3.8) is 0 Å². The van der Waals surface area contributed by atoms with Gasteiger partial charge >= 0.3 is 0 Å². The summed E-state index contributed by atoms with van der Waals surface area (Å²) in [5, 5.41) is 0. The molecule has 6 heteroatoms. The van der Waals surface area contributed by atoms with E-state index in [1.54, 1.807) is 31.1 Å². The first-order valence-corrected chi connectivity index (χ1v) is 6.98. The van der Waals surface area contributed by atoms with Crippen LogP contribution in [0.4, 0.5) is 0 Å². The number of nitrogens with zero attached hydrogens (tertiary/aromatic N) is 1. The molecule has 0 aromatic carbocycles. The van der Waals surface area contributed by atoms with Gasteiger partial charge < -0.3 is 19.4 Å². The molecule has 21 heavy (non-hydrogen) atoms. The van der Waals surface area contributed by atoms with Crippen molar-refractivity contribution >= 4 is 5.91 Å². The zero-order valence-corrected chi connectivity index (χ0v) is 12.9.